The maximum absolute atomic E-state index is 5.53. The van der Waals surface area contributed by atoms with Crippen LogP contribution in [0.5, 0.6) is 0 Å². The van der Waals surface area contributed by atoms with Gasteiger partial charge in [0.1, 0.15) is 0 Å². The van der Waals surface area contributed by atoms with Gasteiger partial charge in [-0.05, 0) is 18.1 Å². The molecule has 0 atom stereocenters. The van der Waals surface area contributed by atoms with Gasteiger partial charge in [0.05, 0.1) is 10.6 Å². The monoisotopic (exact) mass is 295 g/mol. The summed E-state index contributed by atoms with van der Waals surface area (Å²) in [5.41, 5.74) is 4.76. The Morgan fingerprint density at radius 3 is 2.24 bits per heavy atom. The Hall–Kier alpha value is -2.33. The quantitative estimate of drug-likeness (QED) is 0.570. The Balaban J connectivity index is 2.28. The Morgan fingerprint density at radius 1 is 0.952 bits per heavy atom. The minimum atomic E-state index is 0.810. The van der Waals surface area contributed by atoms with Gasteiger partial charge in [-0.25, -0.2) is 0 Å². The highest BCUT2D eigenvalue weighted by atomic mass is 32.1. The molecule has 2 N–H and O–H groups in total. The summed E-state index contributed by atoms with van der Waals surface area (Å²) in [5, 5.41) is 3.90. The van der Waals surface area contributed by atoms with Crippen LogP contribution < -0.4 is 10.6 Å². The highest BCUT2D eigenvalue weighted by Crippen LogP contribution is 2.34. The van der Waals surface area contributed by atoms with Crippen molar-refractivity contribution in [3.8, 4) is 21.7 Å². The number of hydrogen-bond donors (Lipinski definition) is 1. The number of rotatable bonds is 2. The number of thiazole rings is 1. The van der Waals surface area contributed by atoms with E-state index in [0.717, 1.165) is 10.5 Å². The van der Waals surface area contributed by atoms with Crippen LogP contribution in [0.25, 0.3) is 21.7 Å². The molecule has 0 fully saturated rings. The lowest BCUT2D eigenvalue weighted by Gasteiger charge is -2.07. The van der Waals surface area contributed by atoms with Gasteiger partial charge in [-0.15, -0.1) is 0 Å². The summed E-state index contributed by atoms with van der Waals surface area (Å²) >= 11 is 1.61. The van der Waals surface area contributed by atoms with Crippen molar-refractivity contribution >= 4 is 11.3 Å². The predicted molar refractivity (Wildman–Crippen MR) is 88.6 cm³/mol. The molecule has 3 nitrogen and oxygen atoms in total. The van der Waals surface area contributed by atoms with E-state index < -0.39 is 0 Å². The molecule has 0 bridgehead atoms. The van der Waals surface area contributed by atoms with Crippen LogP contribution in [0.2, 0.25) is 0 Å². The van der Waals surface area contributed by atoms with Gasteiger partial charge in [-0.1, -0.05) is 71.5 Å². The summed E-state index contributed by atoms with van der Waals surface area (Å²) in [7, 11) is 2.00. The Kier molecular flexibility index (Phi) is 3.62. The molecule has 1 aromatic heterocycles. The van der Waals surface area contributed by atoms with Crippen LogP contribution in [0.1, 0.15) is 5.56 Å². The fourth-order valence-electron chi connectivity index (χ4n) is 2.39. The molecule has 106 valence electrons. The Labute approximate surface area is 128 Å². The molecule has 0 saturated heterocycles. The molecule has 2 aromatic carbocycles. The second-order valence-electron chi connectivity index (χ2n) is 4.98. The normalized spacial score (nSPS) is 11.8. The molecule has 1 heterocycles. The van der Waals surface area contributed by atoms with Crippen molar-refractivity contribution in [2.45, 2.75) is 6.92 Å². The second kappa shape index (κ2) is 5.58. The van der Waals surface area contributed by atoms with Crippen LogP contribution in [-0.4, -0.2) is 4.57 Å². The van der Waals surface area contributed by atoms with E-state index in [-0.39, 0.29) is 0 Å². The third-order valence-corrected chi connectivity index (χ3v) is 4.70. The van der Waals surface area contributed by atoms with Crippen LogP contribution in [-0.2, 0) is 7.05 Å². The van der Waals surface area contributed by atoms with E-state index in [1.165, 1.54) is 21.6 Å². The Bertz CT molecular complexity index is 811. The minimum absolute atomic E-state index is 0.810. The van der Waals surface area contributed by atoms with E-state index in [1.54, 1.807) is 11.3 Å². The number of nitrogens with two attached hydrogens (primary N) is 1. The number of benzene rings is 2. The van der Waals surface area contributed by atoms with Crippen LogP contribution >= 0.6 is 11.3 Å². The van der Waals surface area contributed by atoms with E-state index in [1.807, 2.05) is 25.2 Å². The first kappa shape index (κ1) is 13.6. The lowest BCUT2D eigenvalue weighted by atomic mass is 10.1. The van der Waals surface area contributed by atoms with Gasteiger partial charge < -0.3 is 10.4 Å². The van der Waals surface area contributed by atoms with Crippen LogP contribution in [0.3, 0.4) is 0 Å². The van der Waals surface area contributed by atoms with Gasteiger partial charge in [-0.3, -0.25) is 0 Å². The zero-order chi connectivity index (χ0) is 14.8. The lowest BCUT2D eigenvalue weighted by Crippen LogP contribution is -2.13. The molecule has 21 heavy (non-hydrogen) atoms. The summed E-state index contributed by atoms with van der Waals surface area (Å²) in [4.78, 5) is 2.00. The molecule has 3 aromatic rings. The topological polar surface area (TPSA) is 43.3 Å². The van der Waals surface area contributed by atoms with Crippen molar-refractivity contribution in [3.63, 3.8) is 0 Å². The molecule has 0 spiro atoms. The number of aryl methyl sites for hydroxylation is 1. The van der Waals surface area contributed by atoms with E-state index in [2.05, 4.69) is 53.0 Å². The average Bonchev–Trinajstić information content (AvgIpc) is 2.86. The van der Waals surface area contributed by atoms with Gasteiger partial charge in [0.15, 0.2) is 0 Å². The predicted octanol–water partition coefficient (Wildman–Crippen LogP) is 3.50. The Morgan fingerprint density at radius 2 is 1.62 bits per heavy atom. The minimum Gasteiger partial charge on any atom is -0.320 e. The summed E-state index contributed by atoms with van der Waals surface area (Å²) in [6.07, 6.45) is 0. The molecule has 0 unspecified atom stereocenters. The first-order chi connectivity index (χ1) is 10.2. The zero-order valence-corrected chi connectivity index (χ0v) is 12.9. The molecule has 0 amide bonds. The van der Waals surface area contributed by atoms with E-state index in [0.29, 0.717) is 0 Å². The maximum atomic E-state index is 5.53. The summed E-state index contributed by atoms with van der Waals surface area (Å²) in [6, 6.07) is 18.9. The van der Waals surface area contributed by atoms with Gasteiger partial charge in [0.25, 0.3) is 0 Å². The maximum Gasteiger partial charge on any atom is 0.208 e. The highest BCUT2D eigenvalue weighted by Gasteiger charge is 2.14. The van der Waals surface area contributed by atoms with E-state index in [9.17, 15) is 0 Å². The van der Waals surface area contributed by atoms with Crippen molar-refractivity contribution < 1.29 is 0 Å². The highest BCUT2D eigenvalue weighted by molar-refractivity contribution is 7.13. The van der Waals surface area contributed by atoms with Crippen LogP contribution in [0.4, 0.5) is 0 Å². The fraction of sp³-hybridized carbons (Fsp3) is 0.118. The fourth-order valence-corrected chi connectivity index (χ4v) is 3.46. The van der Waals surface area contributed by atoms with E-state index >= 15 is 0 Å². The van der Waals surface area contributed by atoms with Crippen molar-refractivity contribution in [1.29, 1.82) is 0 Å². The van der Waals surface area contributed by atoms with Gasteiger partial charge in [0, 0.05) is 7.05 Å². The standard InChI is InChI=1S/C17H17N3S/c1-12-8-10-13(11-9-12)15-16(14-6-4-3-5-7-14)21-17(19-18)20(15)2/h3-11H,18H2,1-2H3/b19-17+. The lowest BCUT2D eigenvalue weighted by molar-refractivity contribution is 0.863. The SMILES string of the molecule is Cc1ccc(-c2c(-c3ccccc3)s/c(=N/N)n2C)cc1. The summed E-state index contributed by atoms with van der Waals surface area (Å²) in [5.74, 6) is 5.53. The molecular weight excluding hydrogens is 278 g/mol. The van der Waals surface area contributed by atoms with Crippen LogP contribution in [0.15, 0.2) is 59.7 Å². The van der Waals surface area contributed by atoms with Crippen molar-refractivity contribution in [2.24, 2.45) is 18.0 Å². The molecule has 0 aliphatic heterocycles. The average molecular weight is 295 g/mol. The van der Waals surface area contributed by atoms with Crippen LogP contribution in [0, 0.1) is 6.92 Å². The van der Waals surface area contributed by atoms with Crippen molar-refractivity contribution in [3.05, 3.63) is 65.0 Å². The molecule has 0 saturated carbocycles. The van der Waals surface area contributed by atoms with Gasteiger partial charge in [-0.2, -0.15) is 5.10 Å². The third-order valence-electron chi connectivity index (χ3n) is 3.50. The van der Waals surface area contributed by atoms with Crippen molar-refractivity contribution in [2.75, 3.05) is 0 Å². The number of hydrogen-bond acceptors (Lipinski definition) is 3. The largest absolute Gasteiger partial charge is 0.320 e. The van der Waals surface area contributed by atoms with Gasteiger partial charge in [0.2, 0.25) is 4.80 Å². The summed E-state index contributed by atoms with van der Waals surface area (Å²) < 4.78 is 2.05. The zero-order valence-electron chi connectivity index (χ0n) is 12.1. The molecule has 0 aliphatic rings. The molecule has 0 radical (unpaired) electrons. The third kappa shape index (κ3) is 2.50. The number of nitrogens with zero attached hydrogens (tertiary/aromatic N) is 2. The number of aromatic nitrogens is 1. The second-order valence-corrected chi connectivity index (χ2v) is 5.96. The first-order valence-electron chi connectivity index (χ1n) is 6.77. The molecular formula is C17H17N3S. The first-order valence-corrected chi connectivity index (χ1v) is 7.58. The van der Waals surface area contributed by atoms with Crippen molar-refractivity contribution in [1.82, 2.24) is 4.57 Å². The van der Waals surface area contributed by atoms with E-state index in [4.69, 9.17) is 5.84 Å². The molecule has 0 aliphatic carbocycles. The smallest absolute Gasteiger partial charge is 0.208 e. The summed E-state index contributed by atoms with van der Waals surface area (Å²) in [6.45, 7) is 2.09. The van der Waals surface area contributed by atoms with Gasteiger partial charge >= 0.3 is 0 Å². The molecule has 4 heteroatoms. The molecule has 3 rings (SSSR count).